The van der Waals surface area contributed by atoms with E-state index in [2.05, 4.69) is 42.3 Å². The second-order valence-electron chi connectivity index (χ2n) is 4.41. The third kappa shape index (κ3) is 1.63. The first-order valence-electron chi connectivity index (χ1n) is 5.04. The molecule has 1 atom stereocenters. The molecule has 0 spiro atoms. The van der Waals surface area contributed by atoms with Crippen LogP contribution in [0.1, 0.15) is 25.3 Å². The number of aromatic nitrogens is 1. The van der Waals surface area contributed by atoms with E-state index in [1.807, 2.05) is 0 Å². The highest BCUT2D eigenvalue weighted by Gasteiger charge is 2.28. The molecule has 72 valence electrons. The zero-order valence-corrected chi connectivity index (χ0v) is 8.51. The van der Waals surface area contributed by atoms with Gasteiger partial charge in [0, 0.05) is 31.4 Å². The van der Waals surface area contributed by atoms with E-state index in [0.717, 1.165) is 6.54 Å². The lowest BCUT2D eigenvalue weighted by molar-refractivity contribution is 0.339. The molecule has 1 N–H and O–H groups in total. The normalized spacial score (nSPS) is 29.1. The summed E-state index contributed by atoms with van der Waals surface area (Å²) in [5.41, 5.74) is 1.83. The van der Waals surface area contributed by atoms with Crippen molar-refractivity contribution in [2.24, 2.45) is 7.05 Å². The summed E-state index contributed by atoms with van der Waals surface area (Å²) in [6.07, 6.45) is 6.98. The average molecular weight is 178 g/mol. The van der Waals surface area contributed by atoms with Crippen molar-refractivity contribution >= 4 is 0 Å². The van der Waals surface area contributed by atoms with Gasteiger partial charge in [-0.25, -0.2) is 0 Å². The second kappa shape index (κ2) is 3.18. The monoisotopic (exact) mass is 178 g/mol. The quantitative estimate of drug-likeness (QED) is 0.692. The van der Waals surface area contributed by atoms with Crippen molar-refractivity contribution in [2.75, 3.05) is 13.1 Å². The molecule has 2 heteroatoms. The maximum Gasteiger partial charge on any atom is 0.0106 e. The molecule has 0 amide bonds. The Balaban J connectivity index is 2.22. The summed E-state index contributed by atoms with van der Waals surface area (Å²) < 4.78 is 2.13. The smallest absolute Gasteiger partial charge is 0.0106 e. The van der Waals surface area contributed by atoms with Crippen LogP contribution in [0.2, 0.25) is 0 Å². The van der Waals surface area contributed by atoms with Crippen LogP contribution < -0.4 is 5.32 Å². The van der Waals surface area contributed by atoms with Crippen LogP contribution in [0.4, 0.5) is 0 Å². The SMILES string of the molecule is Cn1ccc(C2(C)CCCNC2)c1. The molecule has 1 aromatic heterocycles. The molecule has 1 unspecified atom stereocenters. The van der Waals surface area contributed by atoms with Crippen LogP contribution in [-0.4, -0.2) is 17.7 Å². The Morgan fingerprint density at radius 2 is 2.38 bits per heavy atom. The van der Waals surface area contributed by atoms with E-state index in [9.17, 15) is 0 Å². The van der Waals surface area contributed by atoms with Crippen molar-refractivity contribution in [3.05, 3.63) is 24.0 Å². The number of nitrogens with zero attached hydrogens (tertiary/aromatic N) is 1. The minimum Gasteiger partial charge on any atom is -0.357 e. The Morgan fingerprint density at radius 1 is 1.54 bits per heavy atom. The fraction of sp³-hybridized carbons (Fsp3) is 0.636. The largest absolute Gasteiger partial charge is 0.357 e. The van der Waals surface area contributed by atoms with Gasteiger partial charge >= 0.3 is 0 Å². The predicted octanol–water partition coefficient (Wildman–Crippen LogP) is 1.67. The number of aryl methyl sites for hydroxylation is 1. The van der Waals surface area contributed by atoms with Crippen molar-refractivity contribution < 1.29 is 0 Å². The molecule has 0 bridgehead atoms. The second-order valence-corrected chi connectivity index (χ2v) is 4.41. The lowest BCUT2D eigenvalue weighted by Gasteiger charge is -2.33. The Kier molecular flexibility index (Phi) is 2.16. The molecule has 0 aromatic carbocycles. The van der Waals surface area contributed by atoms with E-state index >= 15 is 0 Å². The molecule has 0 saturated carbocycles. The highest BCUT2D eigenvalue weighted by Crippen LogP contribution is 2.30. The minimum atomic E-state index is 0.361. The van der Waals surface area contributed by atoms with Gasteiger partial charge in [-0.05, 0) is 31.0 Å². The van der Waals surface area contributed by atoms with Gasteiger partial charge in [0.25, 0.3) is 0 Å². The van der Waals surface area contributed by atoms with Gasteiger partial charge in [0.15, 0.2) is 0 Å². The van der Waals surface area contributed by atoms with Crippen molar-refractivity contribution in [1.82, 2.24) is 9.88 Å². The number of rotatable bonds is 1. The topological polar surface area (TPSA) is 17.0 Å². The van der Waals surface area contributed by atoms with E-state index < -0.39 is 0 Å². The first kappa shape index (κ1) is 8.82. The molecule has 0 radical (unpaired) electrons. The summed E-state index contributed by atoms with van der Waals surface area (Å²) in [5.74, 6) is 0. The number of hydrogen-bond donors (Lipinski definition) is 1. The summed E-state index contributed by atoms with van der Waals surface area (Å²) in [6.45, 7) is 4.66. The fourth-order valence-corrected chi connectivity index (χ4v) is 2.16. The van der Waals surface area contributed by atoms with Gasteiger partial charge in [0.05, 0.1) is 0 Å². The molecule has 0 aliphatic carbocycles. The Bertz CT molecular complexity index is 282. The maximum atomic E-state index is 3.47. The molecule has 1 aliphatic heterocycles. The van der Waals surface area contributed by atoms with E-state index in [1.54, 1.807) is 0 Å². The van der Waals surface area contributed by atoms with E-state index in [-0.39, 0.29) is 0 Å². The van der Waals surface area contributed by atoms with Crippen LogP contribution in [0, 0.1) is 0 Å². The number of hydrogen-bond acceptors (Lipinski definition) is 1. The maximum absolute atomic E-state index is 3.47. The van der Waals surface area contributed by atoms with Crippen molar-refractivity contribution in [3.8, 4) is 0 Å². The number of piperidine rings is 1. The molecule has 1 aromatic rings. The predicted molar refractivity (Wildman–Crippen MR) is 54.9 cm³/mol. The van der Waals surface area contributed by atoms with Gasteiger partial charge in [0.1, 0.15) is 0 Å². The highest BCUT2D eigenvalue weighted by atomic mass is 14.9. The standard InChI is InChI=1S/C11H18N2/c1-11(5-3-6-12-9-11)10-4-7-13(2)8-10/h4,7-8,12H,3,5-6,9H2,1-2H3. The van der Waals surface area contributed by atoms with Crippen molar-refractivity contribution in [2.45, 2.75) is 25.2 Å². The highest BCUT2D eigenvalue weighted by molar-refractivity contribution is 5.23. The number of nitrogens with one attached hydrogen (secondary N) is 1. The first-order valence-corrected chi connectivity index (χ1v) is 5.04. The summed E-state index contributed by atoms with van der Waals surface area (Å²) in [7, 11) is 2.09. The molecule has 1 fully saturated rings. The van der Waals surface area contributed by atoms with E-state index in [4.69, 9.17) is 0 Å². The Morgan fingerprint density at radius 3 is 2.92 bits per heavy atom. The third-order valence-electron chi connectivity index (χ3n) is 3.13. The molecule has 13 heavy (non-hydrogen) atoms. The summed E-state index contributed by atoms with van der Waals surface area (Å²) in [6, 6.07) is 2.24. The Hall–Kier alpha value is -0.760. The van der Waals surface area contributed by atoms with Gasteiger partial charge in [-0.15, -0.1) is 0 Å². The third-order valence-corrected chi connectivity index (χ3v) is 3.13. The molecular weight excluding hydrogens is 160 g/mol. The van der Waals surface area contributed by atoms with Gasteiger partial charge in [-0.2, -0.15) is 0 Å². The van der Waals surface area contributed by atoms with Gasteiger partial charge in [-0.3, -0.25) is 0 Å². The molecule has 1 saturated heterocycles. The molecule has 2 nitrogen and oxygen atoms in total. The molecule has 2 heterocycles. The lowest BCUT2D eigenvalue weighted by atomic mass is 9.78. The fourth-order valence-electron chi connectivity index (χ4n) is 2.16. The van der Waals surface area contributed by atoms with Gasteiger partial charge in [0.2, 0.25) is 0 Å². The lowest BCUT2D eigenvalue weighted by Crippen LogP contribution is -2.40. The van der Waals surface area contributed by atoms with Crippen molar-refractivity contribution in [1.29, 1.82) is 0 Å². The van der Waals surface area contributed by atoms with E-state index in [0.29, 0.717) is 5.41 Å². The molecular formula is C11H18N2. The van der Waals surface area contributed by atoms with Crippen LogP contribution >= 0.6 is 0 Å². The summed E-state index contributed by atoms with van der Waals surface area (Å²) in [4.78, 5) is 0. The molecule has 2 rings (SSSR count). The van der Waals surface area contributed by atoms with Crippen LogP contribution in [0.15, 0.2) is 18.5 Å². The Labute approximate surface area is 79.9 Å². The first-order chi connectivity index (χ1) is 6.21. The minimum absolute atomic E-state index is 0.361. The van der Waals surface area contributed by atoms with Crippen molar-refractivity contribution in [3.63, 3.8) is 0 Å². The summed E-state index contributed by atoms with van der Waals surface area (Å²) in [5, 5.41) is 3.47. The van der Waals surface area contributed by atoms with Crippen LogP contribution in [-0.2, 0) is 12.5 Å². The summed E-state index contributed by atoms with van der Waals surface area (Å²) >= 11 is 0. The average Bonchev–Trinajstić information content (AvgIpc) is 2.54. The van der Waals surface area contributed by atoms with E-state index in [1.165, 1.54) is 24.9 Å². The van der Waals surface area contributed by atoms with Crippen LogP contribution in [0.5, 0.6) is 0 Å². The van der Waals surface area contributed by atoms with Gasteiger partial charge in [-0.1, -0.05) is 6.92 Å². The van der Waals surface area contributed by atoms with Gasteiger partial charge < -0.3 is 9.88 Å². The van der Waals surface area contributed by atoms with Crippen LogP contribution in [0.25, 0.3) is 0 Å². The zero-order valence-electron chi connectivity index (χ0n) is 8.51. The van der Waals surface area contributed by atoms with Crippen LogP contribution in [0.3, 0.4) is 0 Å². The molecule has 1 aliphatic rings. The zero-order chi connectivity index (χ0) is 9.31.